The van der Waals surface area contributed by atoms with Gasteiger partial charge in [-0.05, 0) is 57.5 Å². The quantitative estimate of drug-likeness (QED) is 0.721. The molecule has 1 aliphatic rings. The normalized spacial score (nSPS) is 17.5. The van der Waals surface area contributed by atoms with Crippen molar-refractivity contribution in [3.05, 3.63) is 30.1 Å². The number of pyridine rings is 1. The molecule has 0 spiro atoms. The summed E-state index contributed by atoms with van der Waals surface area (Å²) in [4.78, 5) is 7.06. The summed E-state index contributed by atoms with van der Waals surface area (Å²) >= 11 is 0. The van der Waals surface area contributed by atoms with Gasteiger partial charge in [0.25, 0.3) is 0 Å². The van der Waals surface area contributed by atoms with Crippen LogP contribution >= 0.6 is 0 Å². The van der Waals surface area contributed by atoms with Crippen molar-refractivity contribution >= 4 is 7.32 Å². The minimum absolute atomic E-state index is 0.680. The average molecular weight is 308 g/mol. The summed E-state index contributed by atoms with van der Waals surface area (Å²) in [5.41, 5.74) is 1.32. The summed E-state index contributed by atoms with van der Waals surface area (Å²) in [6.07, 6.45) is 8.54. The molecule has 6 heteroatoms. The molecule has 0 aromatic carbocycles. The third-order valence-corrected chi connectivity index (χ3v) is 4.27. The summed E-state index contributed by atoms with van der Waals surface area (Å²) in [6.45, 7) is 4.78. The van der Waals surface area contributed by atoms with E-state index in [1.165, 1.54) is 50.9 Å². The van der Waals surface area contributed by atoms with Crippen molar-refractivity contribution < 1.29 is 15.1 Å². The first kappa shape index (κ1) is 19.1. The van der Waals surface area contributed by atoms with Crippen molar-refractivity contribution in [2.24, 2.45) is 5.92 Å². The lowest BCUT2D eigenvalue weighted by Crippen LogP contribution is -2.33. The summed E-state index contributed by atoms with van der Waals surface area (Å²) in [6, 6.07) is 6.38. The molecule has 5 nitrogen and oxygen atoms in total. The van der Waals surface area contributed by atoms with Gasteiger partial charge in [0, 0.05) is 17.8 Å². The van der Waals surface area contributed by atoms with E-state index in [-0.39, 0.29) is 0 Å². The first-order valence-corrected chi connectivity index (χ1v) is 8.18. The number of likely N-dealkylation sites (tertiary alicyclic amines) is 1. The number of nitrogens with zero attached hydrogens (tertiary/aromatic N) is 2. The standard InChI is InChI=1S/C16H26N2.BH3O3/c1-3-4-7-15(16-8-5-6-11-17-16)14-9-12-18(2)13-10-14;2-1(3)4/h5-6,8,11,14-15H,3-4,7,9-10,12-13H2,1-2H3;2-4H. The van der Waals surface area contributed by atoms with Crippen LogP contribution < -0.4 is 0 Å². The number of rotatable bonds is 5. The lowest BCUT2D eigenvalue weighted by Gasteiger charge is -2.34. The summed E-state index contributed by atoms with van der Waals surface area (Å²) in [7, 11) is 0.0675. The predicted molar refractivity (Wildman–Crippen MR) is 89.1 cm³/mol. The Morgan fingerprint density at radius 1 is 1.27 bits per heavy atom. The molecule has 0 bridgehead atoms. The fourth-order valence-electron chi connectivity index (χ4n) is 3.08. The number of hydrogen-bond donors (Lipinski definition) is 3. The van der Waals surface area contributed by atoms with Gasteiger partial charge >= 0.3 is 7.32 Å². The molecule has 1 fully saturated rings. The molecule has 0 amide bonds. The smallest absolute Gasteiger partial charge is 0.402 e. The summed E-state index contributed by atoms with van der Waals surface area (Å²) in [5.74, 6) is 1.52. The zero-order valence-electron chi connectivity index (χ0n) is 13.7. The molecular weight excluding hydrogens is 279 g/mol. The molecule has 1 aliphatic heterocycles. The summed E-state index contributed by atoms with van der Waals surface area (Å²) < 4.78 is 0. The molecule has 3 N–H and O–H groups in total. The van der Waals surface area contributed by atoms with Crippen molar-refractivity contribution in [2.75, 3.05) is 20.1 Å². The van der Waals surface area contributed by atoms with Crippen molar-refractivity contribution in [2.45, 2.75) is 44.9 Å². The minimum atomic E-state index is -2.17. The first-order valence-electron chi connectivity index (χ1n) is 8.18. The molecule has 0 aliphatic carbocycles. The van der Waals surface area contributed by atoms with E-state index in [2.05, 4.69) is 36.0 Å². The Kier molecular flexibility index (Phi) is 9.31. The number of piperidine rings is 1. The fourth-order valence-corrected chi connectivity index (χ4v) is 3.08. The highest BCUT2D eigenvalue weighted by atomic mass is 16.5. The topological polar surface area (TPSA) is 76.8 Å². The third-order valence-electron chi connectivity index (χ3n) is 4.27. The largest absolute Gasteiger partial charge is 0.631 e. The van der Waals surface area contributed by atoms with E-state index < -0.39 is 7.32 Å². The van der Waals surface area contributed by atoms with E-state index >= 15 is 0 Å². The fraction of sp³-hybridized carbons (Fsp3) is 0.688. The van der Waals surface area contributed by atoms with Crippen LogP contribution in [0.15, 0.2) is 24.4 Å². The minimum Gasteiger partial charge on any atom is -0.402 e. The van der Waals surface area contributed by atoms with E-state index in [0.29, 0.717) is 5.92 Å². The Balaban J connectivity index is 0.000000541. The van der Waals surface area contributed by atoms with Gasteiger partial charge in [0.05, 0.1) is 0 Å². The highest BCUT2D eigenvalue weighted by Crippen LogP contribution is 2.35. The van der Waals surface area contributed by atoms with Gasteiger partial charge in [0.15, 0.2) is 0 Å². The lowest BCUT2D eigenvalue weighted by atomic mass is 9.79. The number of aromatic nitrogens is 1. The van der Waals surface area contributed by atoms with Crippen molar-refractivity contribution in [3.8, 4) is 0 Å². The second kappa shape index (κ2) is 10.7. The molecule has 1 atom stereocenters. The Labute approximate surface area is 134 Å². The van der Waals surface area contributed by atoms with Crippen molar-refractivity contribution in [1.29, 1.82) is 0 Å². The maximum absolute atomic E-state index is 7.17. The maximum atomic E-state index is 7.17. The number of unbranched alkanes of at least 4 members (excludes halogenated alkanes) is 1. The third kappa shape index (κ3) is 7.36. The molecule has 0 saturated carbocycles. The first-order chi connectivity index (χ1) is 10.5. The van der Waals surface area contributed by atoms with Gasteiger partial charge in [-0.2, -0.15) is 0 Å². The van der Waals surface area contributed by atoms with Gasteiger partial charge in [-0.15, -0.1) is 0 Å². The van der Waals surface area contributed by atoms with Crippen molar-refractivity contribution in [1.82, 2.24) is 9.88 Å². The van der Waals surface area contributed by atoms with Gasteiger partial charge in [-0.3, -0.25) is 4.98 Å². The zero-order chi connectivity index (χ0) is 16.4. The number of hydrogen-bond acceptors (Lipinski definition) is 5. The van der Waals surface area contributed by atoms with Crippen LogP contribution in [-0.2, 0) is 0 Å². The highest BCUT2D eigenvalue weighted by Gasteiger charge is 2.26. The average Bonchev–Trinajstić information content (AvgIpc) is 2.50. The van der Waals surface area contributed by atoms with Gasteiger partial charge in [-0.1, -0.05) is 25.8 Å². The SMILES string of the molecule is CCCCC(c1ccccn1)C1CCN(C)CC1.OB(O)O. The Hall–Kier alpha value is -0.945. The highest BCUT2D eigenvalue weighted by molar-refractivity contribution is 6.30. The molecule has 22 heavy (non-hydrogen) atoms. The second-order valence-electron chi connectivity index (χ2n) is 5.99. The molecule has 124 valence electrons. The molecule has 1 aromatic heterocycles. The maximum Gasteiger partial charge on any atom is 0.631 e. The molecule has 1 saturated heterocycles. The zero-order valence-corrected chi connectivity index (χ0v) is 13.7. The van der Waals surface area contributed by atoms with Crippen LogP contribution in [0.3, 0.4) is 0 Å². The molecule has 1 aromatic rings. The van der Waals surface area contributed by atoms with Crippen LogP contribution in [0.2, 0.25) is 0 Å². The Bertz CT molecular complexity index is 381. The monoisotopic (exact) mass is 308 g/mol. The Morgan fingerprint density at radius 2 is 1.91 bits per heavy atom. The van der Waals surface area contributed by atoms with Crippen LogP contribution in [0.5, 0.6) is 0 Å². The molecule has 2 rings (SSSR count). The van der Waals surface area contributed by atoms with E-state index in [1.54, 1.807) is 0 Å². The van der Waals surface area contributed by atoms with Crippen LogP contribution in [0.1, 0.15) is 50.6 Å². The summed E-state index contributed by atoms with van der Waals surface area (Å²) in [5, 5.41) is 21.5. The van der Waals surface area contributed by atoms with Crippen LogP contribution in [-0.4, -0.2) is 52.4 Å². The Morgan fingerprint density at radius 3 is 2.41 bits per heavy atom. The van der Waals surface area contributed by atoms with E-state index in [4.69, 9.17) is 15.1 Å². The van der Waals surface area contributed by atoms with Gasteiger partial charge in [0.1, 0.15) is 0 Å². The molecule has 2 heterocycles. The van der Waals surface area contributed by atoms with Crippen LogP contribution in [0, 0.1) is 5.92 Å². The van der Waals surface area contributed by atoms with E-state index in [1.807, 2.05) is 12.3 Å². The van der Waals surface area contributed by atoms with Crippen molar-refractivity contribution in [3.63, 3.8) is 0 Å². The van der Waals surface area contributed by atoms with Crippen LogP contribution in [0.4, 0.5) is 0 Å². The lowest BCUT2D eigenvalue weighted by molar-refractivity contribution is 0.191. The van der Waals surface area contributed by atoms with E-state index in [0.717, 1.165) is 5.92 Å². The second-order valence-corrected chi connectivity index (χ2v) is 5.99. The van der Waals surface area contributed by atoms with Gasteiger partial charge in [-0.25, -0.2) is 0 Å². The van der Waals surface area contributed by atoms with E-state index in [9.17, 15) is 0 Å². The van der Waals surface area contributed by atoms with Gasteiger partial charge < -0.3 is 20.0 Å². The molecular formula is C16H29BN2O3. The molecule has 1 unspecified atom stereocenters. The molecule has 0 radical (unpaired) electrons. The van der Waals surface area contributed by atoms with Crippen LogP contribution in [0.25, 0.3) is 0 Å². The van der Waals surface area contributed by atoms with Gasteiger partial charge in [0.2, 0.25) is 0 Å². The predicted octanol–water partition coefficient (Wildman–Crippen LogP) is 1.65.